The van der Waals surface area contributed by atoms with Gasteiger partial charge in [-0.2, -0.15) is 22.6 Å². The Morgan fingerprint density at radius 1 is 0.698 bits per heavy atom. The average molecular weight is 1060 g/mol. The van der Waals surface area contributed by atoms with E-state index in [1.54, 1.807) is 0 Å². The first-order valence-electron chi connectivity index (χ1n) is 17.5. The van der Waals surface area contributed by atoms with Crippen LogP contribution in [-0.4, -0.2) is 19.3 Å². The van der Waals surface area contributed by atoms with Gasteiger partial charge >= 0.3 is 21.1 Å². The molecular weight excluding hydrogens is 1010 g/mol. The van der Waals surface area contributed by atoms with Crippen LogP contribution in [-0.2, 0) is 53.0 Å². The van der Waals surface area contributed by atoms with E-state index in [0.717, 1.165) is 55.3 Å². The van der Waals surface area contributed by atoms with Crippen LogP contribution in [0.25, 0.3) is 44.2 Å². The van der Waals surface area contributed by atoms with Gasteiger partial charge in [-0.05, 0) is 45.9 Å². The molecule has 53 heavy (non-hydrogen) atoms. The molecular formula is C46H41N4OPt2-. The van der Waals surface area contributed by atoms with Crippen LogP contribution in [0.1, 0.15) is 70.7 Å². The Hall–Kier alpha value is -4.43. The number of hydrogen-bond donors (Lipinski definition) is 0. The molecule has 7 heteroatoms. The van der Waals surface area contributed by atoms with Crippen molar-refractivity contribution < 1.29 is 46.9 Å². The summed E-state index contributed by atoms with van der Waals surface area (Å²) in [5, 5.41) is 8.14. The van der Waals surface area contributed by atoms with Crippen LogP contribution in [0, 0.1) is 18.1 Å². The largest absolute Gasteiger partial charge is 2.00 e. The predicted octanol–water partition coefficient (Wildman–Crippen LogP) is 11.5. The van der Waals surface area contributed by atoms with Gasteiger partial charge in [0.25, 0.3) is 0 Å². The van der Waals surface area contributed by atoms with Crippen molar-refractivity contribution in [2.75, 3.05) is 0 Å². The van der Waals surface area contributed by atoms with E-state index in [-0.39, 0.29) is 53.0 Å². The topological polar surface area (TPSA) is 44.9 Å². The molecule has 0 saturated carbocycles. The summed E-state index contributed by atoms with van der Waals surface area (Å²) >= 11 is 0. The van der Waals surface area contributed by atoms with Crippen LogP contribution in [0.4, 0.5) is 0 Å². The molecule has 8 aromatic rings. The second-order valence-corrected chi connectivity index (χ2v) is 15.1. The zero-order valence-corrected chi connectivity index (χ0v) is 35.4. The number of ether oxygens (including phenoxy) is 1. The zero-order valence-electron chi connectivity index (χ0n) is 30.9. The second-order valence-electron chi connectivity index (χ2n) is 15.1. The van der Waals surface area contributed by atoms with Gasteiger partial charge < -0.3 is 9.30 Å². The predicted molar refractivity (Wildman–Crippen MR) is 208 cm³/mol. The Kier molecular flexibility index (Phi) is 10.7. The van der Waals surface area contributed by atoms with Crippen molar-refractivity contribution in [1.29, 1.82) is 0 Å². The van der Waals surface area contributed by atoms with Crippen molar-refractivity contribution in [3.05, 3.63) is 162 Å². The summed E-state index contributed by atoms with van der Waals surface area (Å²) in [5.41, 5.74) is 8.22. The third-order valence-corrected chi connectivity index (χ3v) is 9.99. The molecule has 0 amide bonds. The van der Waals surface area contributed by atoms with Crippen molar-refractivity contribution in [1.82, 2.24) is 19.3 Å². The van der Waals surface area contributed by atoms with Gasteiger partial charge in [0.2, 0.25) is 0 Å². The fraction of sp³-hybridized carbons (Fsp3) is 0.196. The van der Waals surface area contributed by atoms with Gasteiger partial charge in [0.1, 0.15) is 0 Å². The fourth-order valence-corrected chi connectivity index (χ4v) is 6.83. The van der Waals surface area contributed by atoms with Crippen molar-refractivity contribution in [2.45, 2.75) is 59.3 Å². The van der Waals surface area contributed by atoms with E-state index in [0.29, 0.717) is 11.5 Å². The quantitative estimate of drug-likeness (QED) is 0.149. The normalized spacial score (nSPS) is 11.8. The third-order valence-electron chi connectivity index (χ3n) is 9.99. The van der Waals surface area contributed by atoms with E-state index in [1.165, 1.54) is 17.0 Å². The van der Waals surface area contributed by atoms with Crippen LogP contribution < -0.4 is 4.74 Å². The molecule has 0 fully saturated rings. The van der Waals surface area contributed by atoms with Crippen molar-refractivity contribution in [2.24, 2.45) is 0 Å². The Morgan fingerprint density at radius 3 is 2.19 bits per heavy atom. The van der Waals surface area contributed by atoms with Gasteiger partial charge in [0, 0.05) is 55.1 Å². The van der Waals surface area contributed by atoms with E-state index < -0.39 is 0 Å². The zero-order chi connectivity index (χ0) is 35.5. The summed E-state index contributed by atoms with van der Waals surface area (Å²) in [5.74, 6) is 3.28. The first kappa shape index (κ1) is 38.3. The summed E-state index contributed by atoms with van der Waals surface area (Å²) in [4.78, 5) is 4.87. The second kappa shape index (κ2) is 14.8. The molecule has 0 spiro atoms. The summed E-state index contributed by atoms with van der Waals surface area (Å²) < 4.78 is 10.7. The minimum absolute atomic E-state index is 0. The van der Waals surface area contributed by atoms with Crippen molar-refractivity contribution in [3.63, 3.8) is 0 Å². The third kappa shape index (κ3) is 7.27. The van der Waals surface area contributed by atoms with E-state index >= 15 is 0 Å². The molecule has 0 saturated heterocycles. The van der Waals surface area contributed by atoms with Gasteiger partial charge in [0.15, 0.2) is 0 Å². The maximum absolute atomic E-state index is 6.65. The van der Waals surface area contributed by atoms with Gasteiger partial charge in [0.05, 0.1) is 11.3 Å². The molecule has 0 bridgehead atoms. The number of benzene rings is 5. The van der Waals surface area contributed by atoms with E-state index in [2.05, 4.69) is 150 Å². The number of rotatable bonds is 7. The Balaban J connectivity index is 0.00000240. The number of pyridine rings is 1. The molecule has 5 nitrogen and oxygen atoms in total. The minimum Gasteiger partial charge on any atom is -0.509 e. The number of hydrogen-bond acceptors (Lipinski definition) is 3. The average Bonchev–Trinajstić information content (AvgIpc) is 3.70. The van der Waals surface area contributed by atoms with Crippen LogP contribution in [0.2, 0.25) is 0 Å². The van der Waals surface area contributed by atoms with Crippen LogP contribution in [0.5, 0.6) is 11.5 Å². The van der Waals surface area contributed by atoms with Crippen molar-refractivity contribution in [3.8, 4) is 23.0 Å². The van der Waals surface area contributed by atoms with Gasteiger partial charge in [-0.25, -0.2) is 0 Å². The van der Waals surface area contributed by atoms with Crippen molar-refractivity contribution >= 4 is 32.7 Å². The molecule has 0 atom stereocenters. The SMILES string of the molecule is C[C-](C)c1ccnc(-n2c3[c-]c(Oc4[c-]c(-n5cc6ccccc6n5)cc(C(C)(C)C)c4)ccc3c3cc(C(C)(C)c4ccccc4)ccc32)c1.[Pt+2].[Pt]. The maximum atomic E-state index is 6.65. The first-order valence-corrected chi connectivity index (χ1v) is 17.5. The molecule has 0 radical (unpaired) electrons. The summed E-state index contributed by atoms with van der Waals surface area (Å²) in [7, 11) is 0. The Morgan fingerprint density at radius 2 is 1.45 bits per heavy atom. The molecule has 0 aliphatic rings. The molecule has 3 aromatic heterocycles. The van der Waals surface area contributed by atoms with E-state index in [1.807, 2.05) is 41.3 Å². The van der Waals surface area contributed by atoms with Crippen LogP contribution in [0.3, 0.4) is 0 Å². The first-order chi connectivity index (χ1) is 24.5. The van der Waals surface area contributed by atoms with Crippen LogP contribution in [0.15, 0.2) is 122 Å². The standard InChI is InChI=1S/C46H41N4O.2Pt/c1-30(2)31-21-22-47-44(23-31)50-42-20-17-34(46(6,7)33-14-9-8-10-15-33)26-40(42)39-19-18-37(28-43(39)50)51-38-25-35(45(3,4)5)24-36(27-38)49-29-32-13-11-12-16-41(32)48-49;;/h8-26,29H,1-7H3;;/q-3;;+2. The smallest absolute Gasteiger partial charge is 0.509 e. The molecule has 0 aliphatic carbocycles. The maximum Gasteiger partial charge on any atom is 2.00 e. The number of fused-ring (bicyclic) bond motifs is 4. The fourth-order valence-electron chi connectivity index (χ4n) is 6.83. The molecule has 0 unspecified atom stereocenters. The summed E-state index contributed by atoms with van der Waals surface area (Å²) in [6.07, 6.45) is 3.92. The Labute approximate surface area is 340 Å². The number of nitrogens with zero attached hydrogens (tertiary/aromatic N) is 4. The monoisotopic (exact) mass is 1060 g/mol. The van der Waals surface area contributed by atoms with Crippen LogP contribution >= 0.6 is 0 Å². The molecule has 0 N–H and O–H groups in total. The summed E-state index contributed by atoms with van der Waals surface area (Å²) in [6, 6.07) is 45.4. The molecule has 272 valence electrons. The van der Waals surface area contributed by atoms with E-state index in [9.17, 15) is 0 Å². The summed E-state index contributed by atoms with van der Waals surface area (Å²) in [6.45, 7) is 15.4. The molecule has 8 rings (SSSR count). The van der Waals surface area contributed by atoms with Gasteiger partial charge in [-0.15, -0.1) is 53.4 Å². The number of aromatic nitrogens is 4. The molecule has 3 heterocycles. The minimum atomic E-state index is -0.185. The molecule has 0 aliphatic heterocycles. The van der Waals surface area contributed by atoms with Gasteiger partial charge in [-0.3, -0.25) is 9.67 Å². The Bertz CT molecular complexity index is 2530. The van der Waals surface area contributed by atoms with Gasteiger partial charge in [-0.1, -0.05) is 115 Å². The molecule has 5 aromatic carbocycles. The van der Waals surface area contributed by atoms with E-state index in [4.69, 9.17) is 14.8 Å².